The van der Waals surface area contributed by atoms with E-state index in [-0.39, 0.29) is 17.8 Å². The van der Waals surface area contributed by atoms with Crippen molar-refractivity contribution >= 4 is 40.0 Å². The zero-order valence-corrected chi connectivity index (χ0v) is 19.6. The number of thiocarbonyl (C=S) groups is 1. The molecule has 5 rings (SSSR count). The number of carbonyl (C=O) groups excluding carboxylic acids is 1. The number of ether oxygens (including phenoxy) is 2. The van der Waals surface area contributed by atoms with Crippen molar-refractivity contribution in [1.82, 2.24) is 10.3 Å². The average molecular weight is 474 g/mol. The van der Waals surface area contributed by atoms with Gasteiger partial charge in [0.1, 0.15) is 5.52 Å². The molecule has 0 spiro atoms. The number of oxazole rings is 1. The number of hydrogen-bond donors (Lipinski definition) is 2. The van der Waals surface area contributed by atoms with Crippen molar-refractivity contribution in [3.8, 4) is 23.0 Å². The Morgan fingerprint density at radius 2 is 1.85 bits per heavy atom. The van der Waals surface area contributed by atoms with Crippen LogP contribution in [0.25, 0.3) is 22.6 Å². The lowest BCUT2D eigenvalue weighted by Gasteiger charge is -2.10. The van der Waals surface area contributed by atoms with Gasteiger partial charge in [-0.15, -0.1) is 0 Å². The van der Waals surface area contributed by atoms with E-state index >= 15 is 0 Å². The van der Waals surface area contributed by atoms with Crippen LogP contribution in [0.15, 0.2) is 65.1 Å². The molecule has 172 valence electrons. The molecule has 1 unspecified atom stereocenters. The van der Waals surface area contributed by atoms with Crippen molar-refractivity contribution in [2.45, 2.75) is 26.2 Å². The highest BCUT2D eigenvalue weighted by Gasteiger charge is 2.17. The molecular formula is C26H23N3O4S. The zero-order valence-electron chi connectivity index (χ0n) is 18.8. The van der Waals surface area contributed by atoms with Gasteiger partial charge in [-0.1, -0.05) is 19.9 Å². The van der Waals surface area contributed by atoms with Crippen LogP contribution in [0, 0.1) is 0 Å². The molecule has 1 amide bonds. The van der Waals surface area contributed by atoms with Crippen molar-refractivity contribution in [2.24, 2.45) is 0 Å². The lowest BCUT2D eigenvalue weighted by atomic mass is 9.98. The SMILES string of the molecule is CCC(C)c1ccc2oc(-c3ccc(NC(=S)NC(=O)c4ccc5c(c4)OCO5)cc3)nc2c1. The van der Waals surface area contributed by atoms with E-state index in [1.807, 2.05) is 30.3 Å². The van der Waals surface area contributed by atoms with E-state index in [0.717, 1.165) is 28.8 Å². The van der Waals surface area contributed by atoms with Gasteiger partial charge in [0.15, 0.2) is 22.2 Å². The molecule has 0 fully saturated rings. The Labute approximate surface area is 202 Å². The number of anilines is 1. The van der Waals surface area contributed by atoms with E-state index in [4.69, 9.17) is 26.1 Å². The lowest BCUT2D eigenvalue weighted by molar-refractivity contribution is 0.0977. The molecule has 34 heavy (non-hydrogen) atoms. The molecule has 0 radical (unpaired) electrons. The molecule has 3 aromatic carbocycles. The summed E-state index contributed by atoms with van der Waals surface area (Å²) in [5.41, 5.74) is 4.87. The van der Waals surface area contributed by atoms with Gasteiger partial charge in [-0.25, -0.2) is 4.98 Å². The van der Waals surface area contributed by atoms with Crippen LogP contribution in [0.5, 0.6) is 11.5 Å². The van der Waals surface area contributed by atoms with Crippen LogP contribution in [0.2, 0.25) is 0 Å². The quantitative estimate of drug-likeness (QED) is 0.351. The Morgan fingerprint density at radius 3 is 2.65 bits per heavy atom. The molecule has 1 aliphatic rings. The Hall–Kier alpha value is -3.91. The maximum Gasteiger partial charge on any atom is 0.257 e. The van der Waals surface area contributed by atoms with Crippen LogP contribution >= 0.6 is 12.2 Å². The van der Waals surface area contributed by atoms with Crippen molar-refractivity contribution in [2.75, 3.05) is 12.1 Å². The summed E-state index contributed by atoms with van der Waals surface area (Å²) < 4.78 is 16.5. The van der Waals surface area contributed by atoms with E-state index in [2.05, 4.69) is 41.6 Å². The number of benzene rings is 3. The summed E-state index contributed by atoms with van der Waals surface area (Å²) in [7, 11) is 0. The predicted molar refractivity (Wildman–Crippen MR) is 134 cm³/mol. The first-order valence-electron chi connectivity index (χ1n) is 11.0. The van der Waals surface area contributed by atoms with Crippen LogP contribution in [-0.4, -0.2) is 22.8 Å². The smallest absolute Gasteiger partial charge is 0.257 e. The minimum absolute atomic E-state index is 0.152. The maximum atomic E-state index is 12.5. The summed E-state index contributed by atoms with van der Waals surface area (Å²) in [5, 5.41) is 5.88. The number of carbonyl (C=O) groups is 1. The van der Waals surface area contributed by atoms with Gasteiger partial charge in [-0.2, -0.15) is 0 Å². The third-order valence-electron chi connectivity index (χ3n) is 5.84. The minimum atomic E-state index is -0.337. The van der Waals surface area contributed by atoms with E-state index in [1.54, 1.807) is 18.2 Å². The molecule has 1 aromatic heterocycles. The topological polar surface area (TPSA) is 85.6 Å². The molecule has 2 N–H and O–H groups in total. The minimum Gasteiger partial charge on any atom is -0.454 e. The molecule has 1 aliphatic heterocycles. The predicted octanol–water partition coefficient (Wildman–Crippen LogP) is 5.86. The number of hydrogen-bond acceptors (Lipinski definition) is 6. The van der Waals surface area contributed by atoms with Crippen LogP contribution in [0.3, 0.4) is 0 Å². The Bertz CT molecular complexity index is 1380. The van der Waals surface area contributed by atoms with Gasteiger partial charge < -0.3 is 19.2 Å². The van der Waals surface area contributed by atoms with E-state index < -0.39 is 0 Å². The van der Waals surface area contributed by atoms with Gasteiger partial charge in [-0.05, 0) is 84.7 Å². The fraction of sp³-hybridized carbons (Fsp3) is 0.192. The van der Waals surface area contributed by atoms with Gasteiger partial charge in [0.25, 0.3) is 5.91 Å². The summed E-state index contributed by atoms with van der Waals surface area (Å²) in [4.78, 5) is 17.2. The fourth-order valence-corrected chi connectivity index (χ4v) is 3.89. The standard InChI is InChI=1S/C26H23N3O4S/c1-3-15(2)17-6-10-21-20(12-17)28-25(33-21)16-4-8-19(9-5-16)27-26(34)29-24(30)18-7-11-22-23(13-18)32-14-31-22/h4-13,15H,3,14H2,1-2H3,(H2,27,29,30,34). The highest BCUT2D eigenvalue weighted by atomic mass is 32.1. The molecule has 0 aliphatic carbocycles. The summed E-state index contributed by atoms with van der Waals surface area (Å²) in [6, 6.07) is 18.6. The first kappa shape index (κ1) is 21.9. The number of nitrogens with one attached hydrogen (secondary N) is 2. The second kappa shape index (κ2) is 9.15. The largest absolute Gasteiger partial charge is 0.454 e. The molecule has 7 nitrogen and oxygen atoms in total. The monoisotopic (exact) mass is 473 g/mol. The van der Waals surface area contributed by atoms with Crippen molar-refractivity contribution in [3.05, 3.63) is 71.8 Å². The summed E-state index contributed by atoms with van der Waals surface area (Å²) in [6.45, 7) is 4.53. The molecule has 2 heterocycles. The van der Waals surface area contributed by atoms with Crippen molar-refractivity contribution in [1.29, 1.82) is 0 Å². The summed E-state index contributed by atoms with van der Waals surface area (Å²) in [5.74, 6) is 1.85. The summed E-state index contributed by atoms with van der Waals surface area (Å²) in [6.07, 6.45) is 1.07. The van der Waals surface area contributed by atoms with Crippen LogP contribution in [0.4, 0.5) is 5.69 Å². The molecule has 0 saturated carbocycles. The first-order valence-corrected chi connectivity index (χ1v) is 11.4. The molecule has 8 heteroatoms. The number of aromatic nitrogens is 1. The molecule has 0 bridgehead atoms. The molecular weight excluding hydrogens is 450 g/mol. The Kier molecular flexibility index (Phi) is 5.90. The lowest BCUT2D eigenvalue weighted by Crippen LogP contribution is -2.34. The van der Waals surface area contributed by atoms with E-state index in [0.29, 0.717) is 28.9 Å². The van der Waals surface area contributed by atoms with Crippen LogP contribution in [0.1, 0.15) is 42.1 Å². The van der Waals surface area contributed by atoms with Gasteiger partial charge in [0, 0.05) is 16.8 Å². The van der Waals surface area contributed by atoms with Crippen LogP contribution in [-0.2, 0) is 0 Å². The van der Waals surface area contributed by atoms with Gasteiger partial charge >= 0.3 is 0 Å². The number of fused-ring (bicyclic) bond motifs is 2. The Balaban J connectivity index is 1.24. The second-order valence-electron chi connectivity index (χ2n) is 8.11. The highest BCUT2D eigenvalue weighted by molar-refractivity contribution is 7.80. The molecule has 4 aromatic rings. The number of nitrogens with zero attached hydrogens (tertiary/aromatic N) is 1. The zero-order chi connectivity index (χ0) is 23.7. The van der Waals surface area contributed by atoms with Gasteiger partial charge in [0.05, 0.1) is 0 Å². The average Bonchev–Trinajstić information content (AvgIpc) is 3.49. The number of amides is 1. The van der Waals surface area contributed by atoms with Crippen molar-refractivity contribution in [3.63, 3.8) is 0 Å². The second-order valence-corrected chi connectivity index (χ2v) is 8.52. The fourth-order valence-electron chi connectivity index (χ4n) is 3.68. The number of rotatable bonds is 5. The van der Waals surface area contributed by atoms with Crippen molar-refractivity contribution < 1.29 is 18.7 Å². The maximum absolute atomic E-state index is 12.5. The first-order chi connectivity index (χ1) is 16.5. The highest BCUT2D eigenvalue weighted by Crippen LogP contribution is 2.32. The normalized spacial score (nSPS) is 13.0. The molecule has 0 saturated heterocycles. The third kappa shape index (κ3) is 4.45. The van der Waals surface area contributed by atoms with Crippen LogP contribution < -0.4 is 20.1 Å². The van der Waals surface area contributed by atoms with Gasteiger partial charge in [-0.3, -0.25) is 10.1 Å². The van der Waals surface area contributed by atoms with E-state index in [9.17, 15) is 4.79 Å². The van der Waals surface area contributed by atoms with Gasteiger partial charge in [0.2, 0.25) is 12.7 Å². The Morgan fingerprint density at radius 1 is 1.06 bits per heavy atom. The summed E-state index contributed by atoms with van der Waals surface area (Å²) >= 11 is 5.29. The third-order valence-corrected chi connectivity index (χ3v) is 6.05. The molecule has 1 atom stereocenters. The van der Waals surface area contributed by atoms with E-state index in [1.165, 1.54) is 5.56 Å².